The van der Waals surface area contributed by atoms with Crippen molar-refractivity contribution in [3.8, 4) is 0 Å². The predicted octanol–water partition coefficient (Wildman–Crippen LogP) is 6.84. The number of carboxylic acids is 1. The summed E-state index contributed by atoms with van der Waals surface area (Å²) in [6.45, 7) is 14.8. The highest BCUT2D eigenvalue weighted by Crippen LogP contribution is 2.75. The molecular formula is C29H46O3. The highest BCUT2D eigenvalue weighted by Gasteiger charge is 2.67. The molecule has 5 aliphatic carbocycles. The minimum Gasteiger partial charge on any atom is -0.481 e. The number of allylic oxidation sites excluding steroid dienone is 2. The topological polar surface area (TPSA) is 57.5 Å². The standard InChI is InChI=1S/C29H46O3/c1-25(2)21-10-14-29(6)22(27(21,4)13-11-23(25)30)8-7-19-20-17-18(24(31)32)9-12-26(20,3)15-16-28(19,29)5/h7,18,20-23,30H,8-17H2,1-6H3,(H,31,32)/t18-,20?,21?,22?,23-,26?,27?,28?,29?/m0/s1. The van der Waals surface area contributed by atoms with E-state index in [9.17, 15) is 15.0 Å². The molecule has 2 N–H and O–H groups in total. The van der Waals surface area contributed by atoms with Crippen molar-refractivity contribution in [3.05, 3.63) is 11.6 Å². The van der Waals surface area contributed by atoms with Gasteiger partial charge < -0.3 is 10.2 Å². The molecule has 0 aromatic heterocycles. The van der Waals surface area contributed by atoms with E-state index in [1.54, 1.807) is 5.57 Å². The van der Waals surface area contributed by atoms with Crippen LogP contribution in [0.25, 0.3) is 0 Å². The Morgan fingerprint density at radius 3 is 2.31 bits per heavy atom. The van der Waals surface area contributed by atoms with Crippen molar-refractivity contribution < 1.29 is 15.0 Å². The molecule has 4 saturated carbocycles. The zero-order valence-corrected chi connectivity index (χ0v) is 21.3. The van der Waals surface area contributed by atoms with Crippen LogP contribution in [0, 0.1) is 50.7 Å². The van der Waals surface area contributed by atoms with Gasteiger partial charge >= 0.3 is 5.97 Å². The van der Waals surface area contributed by atoms with Crippen LogP contribution < -0.4 is 0 Å². The molecule has 0 aliphatic heterocycles. The summed E-state index contributed by atoms with van der Waals surface area (Å²) in [6, 6.07) is 0. The van der Waals surface area contributed by atoms with E-state index in [1.807, 2.05) is 0 Å². The van der Waals surface area contributed by atoms with Crippen LogP contribution in [0.2, 0.25) is 0 Å². The van der Waals surface area contributed by atoms with Crippen LogP contribution in [-0.2, 0) is 4.79 Å². The van der Waals surface area contributed by atoms with Crippen molar-refractivity contribution in [1.29, 1.82) is 0 Å². The predicted molar refractivity (Wildman–Crippen MR) is 128 cm³/mol. The Morgan fingerprint density at radius 1 is 0.906 bits per heavy atom. The monoisotopic (exact) mass is 442 g/mol. The maximum Gasteiger partial charge on any atom is 0.306 e. The lowest BCUT2D eigenvalue weighted by atomic mass is 9.34. The summed E-state index contributed by atoms with van der Waals surface area (Å²) in [4.78, 5) is 11.9. The lowest BCUT2D eigenvalue weighted by molar-refractivity contribution is -0.202. The van der Waals surface area contributed by atoms with Gasteiger partial charge in [-0.1, -0.05) is 53.2 Å². The first-order chi connectivity index (χ1) is 14.8. The lowest BCUT2D eigenvalue weighted by Crippen LogP contribution is -2.64. The molecule has 0 heterocycles. The lowest BCUT2D eigenvalue weighted by Gasteiger charge is -2.71. The van der Waals surface area contributed by atoms with Crippen LogP contribution in [0.3, 0.4) is 0 Å². The van der Waals surface area contributed by atoms with E-state index < -0.39 is 5.97 Å². The van der Waals surface area contributed by atoms with Crippen molar-refractivity contribution in [1.82, 2.24) is 0 Å². The molecule has 0 aromatic rings. The summed E-state index contributed by atoms with van der Waals surface area (Å²) in [7, 11) is 0. The van der Waals surface area contributed by atoms with Crippen LogP contribution in [0.15, 0.2) is 11.6 Å². The van der Waals surface area contributed by atoms with Crippen LogP contribution in [0.4, 0.5) is 0 Å². The molecule has 7 unspecified atom stereocenters. The third kappa shape index (κ3) is 2.72. The first-order valence-corrected chi connectivity index (χ1v) is 13.4. The molecular weight excluding hydrogens is 396 g/mol. The van der Waals surface area contributed by atoms with Gasteiger partial charge in [0.05, 0.1) is 12.0 Å². The molecule has 0 spiro atoms. The second-order valence-electron chi connectivity index (χ2n) is 14.2. The second-order valence-corrected chi connectivity index (χ2v) is 14.2. The molecule has 32 heavy (non-hydrogen) atoms. The maximum atomic E-state index is 11.9. The quantitative estimate of drug-likeness (QED) is 0.437. The SMILES string of the molecule is CC12CC[C@H](C(=O)O)CC1C1=CCC3C4(C)CC[C@H](O)C(C)(C)C4CCC3(C)C1(C)CC2. The number of aliphatic carboxylic acids is 1. The van der Waals surface area contributed by atoms with Gasteiger partial charge in [-0.05, 0) is 109 Å². The van der Waals surface area contributed by atoms with Crippen molar-refractivity contribution in [2.45, 2.75) is 112 Å². The van der Waals surface area contributed by atoms with Gasteiger partial charge in [-0.3, -0.25) is 4.79 Å². The van der Waals surface area contributed by atoms with Gasteiger partial charge in [0.2, 0.25) is 0 Å². The van der Waals surface area contributed by atoms with Crippen LogP contribution in [0.1, 0.15) is 106 Å². The largest absolute Gasteiger partial charge is 0.481 e. The molecule has 0 saturated heterocycles. The van der Waals surface area contributed by atoms with Crippen molar-refractivity contribution >= 4 is 5.97 Å². The Hall–Kier alpha value is -0.830. The summed E-state index contributed by atoms with van der Waals surface area (Å²) in [5.74, 6) is 0.906. The summed E-state index contributed by atoms with van der Waals surface area (Å²) in [5, 5.41) is 20.7. The van der Waals surface area contributed by atoms with Crippen LogP contribution in [-0.4, -0.2) is 22.3 Å². The third-order valence-corrected chi connectivity index (χ3v) is 12.8. The first kappa shape index (κ1) is 22.9. The molecule has 4 fully saturated rings. The molecule has 5 rings (SSSR count). The number of carboxylic acid groups (broad SMARTS) is 1. The average Bonchev–Trinajstić information content (AvgIpc) is 2.71. The van der Waals surface area contributed by atoms with E-state index in [4.69, 9.17) is 0 Å². The minimum absolute atomic E-state index is 0.0115. The molecule has 0 amide bonds. The van der Waals surface area contributed by atoms with E-state index >= 15 is 0 Å². The summed E-state index contributed by atoms with van der Waals surface area (Å²) in [6.07, 6.45) is 13.4. The second kappa shape index (κ2) is 6.86. The number of carbonyl (C=O) groups is 1. The van der Waals surface area contributed by atoms with Gasteiger partial charge in [0.15, 0.2) is 0 Å². The minimum atomic E-state index is -0.587. The number of fused-ring (bicyclic) bond motifs is 7. The third-order valence-electron chi connectivity index (χ3n) is 12.8. The Balaban J connectivity index is 1.56. The summed E-state index contributed by atoms with van der Waals surface area (Å²) >= 11 is 0. The summed E-state index contributed by atoms with van der Waals surface area (Å²) < 4.78 is 0. The number of aliphatic hydroxyl groups excluding tert-OH is 1. The number of hydrogen-bond donors (Lipinski definition) is 2. The fraction of sp³-hybridized carbons (Fsp3) is 0.897. The zero-order valence-electron chi connectivity index (χ0n) is 21.3. The van der Waals surface area contributed by atoms with E-state index in [-0.39, 0.29) is 39.1 Å². The number of aliphatic hydroxyl groups is 1. The molecule has 3 nitrogen and oxygen atoms in total. The maximum absolute atomic E-state index is 11.9. The average molecular weight is 443 g/mol. The van der Waals surface area contributed by atoms with Crippen LogP contribution in [0.5, 0.6) is 0 Å². The molecule has 5 aliphatic rings. The van der Waals surface area contributed by atoms with E-state index in [2.05, 4.69) is 47.6 Å². The normalized spacial score (nSPS) is 54.3. The Labute approximate surface area is 195 Å². The van der Waals surface area contributed by atoms with Crippen molar-refractivity contribution in [2.24, 2.45) is 50.7 Å². The summed E-state index contributed by atoms with van der Waals surface area (Å²) in [5.41, 5.74) is 2.61. The van der Waals surface area contributed by atoms with Gasteiger partial charge in [-0.25, -0.2) is 0 Å². The van der Waals surface area contributed by atoms with E-state index in [0.29, 0.717) is 17.8 Å². The Kier molecular flexibility index (Phi) is 4.92. The molecule has 0 aromatic carbocycles. The van der Waals surface area contributed by atoms with Gasteiger partial charge in [0.1, 0.15) is 0 Å². The molecule has 180 valence electrons. The van der Waals surface area contributed by atoms with E-state index in [1.165, 1.54) is 25.7 Å². The fourth-order valence-electron chi connectivity index (χ4n) is 10.4. The van der Waals surface area contributed by atoms with Crippen molar-refractivity contribution in [3.63, 3.8) is 0 Å². The highest BCUT2D eigenvalue weighted by atomic mass is 16.4. The van der Waals surface area contributed by atoms with Crippen molar-refractivity contribution in [2.75, 3.05) is 0 Å². The zero-order chi connectivity index (χ0) is 23.3. The van der Waals surface area contributed by atoms with Gasteiger partial charge in [-0.2, -0.15) is 0 Å². The van der Waals surface area contributed by atoms with E-state index in [0.717, 1.165) is 38.5 Å². The highest BCUT2D eigenvalue weighted by molar-refractivity contribution is 5.70. The molecule has 9 atom stereocenters. The number of rotatable bonds is 1. The smallest absolute Gasteiger partial charge is 0.306 e. The number of hydrogen-bond acceptors (Lipinski definition) is 2. The van der Waals surface area contributed by atoms with Gasteiger partial charge in [-0.15, -0.1) is 0 Å². The molecule has 0 bridgehead atoms. The molecule has 3 heteroatoms. The van der Waals surface area contributed by atoms with Gasteiger partial charge in [0.25, 0.3) is 0 Å². The Bertz CT molecular complexity index is 843. The Morgan fingerprint density at radius 2 is 1.62 bits per heavy atom. The molecule has 0 radical (unpaired) electrons. The first-order valence-electron chi connectivity index (χ1n) is 13.4. The van der Waals surface area contributed by atoms with Crippen LogP contribution >= 0.6 is 0 Å². The fourth-order valence-corrected chi connectivity index (χ4v) is 10.4. The van der Waals surface area contributed by atoms with Gasteiger partial charge in [0, 0.05) is 0 Å².